The minimum atomic E-state index is -0.0489. The predicted molar refractivity (Wildman–Crippen MR) is 102 cm³/mol. The van der Waals surface area contributed by atoms with Gasteiger partial charge in [0.1, 0.15) is 0 Å². The molecule has 0 unspecified atom stereocenters. The molecule has 0 spiro atoms. The van der Waals surface area contributed by atoms with Gasteiger partial charge in [0.05, 0.1) is 31.0 Å². The normalized spacial score (nSPS) is 29.0. The number of morpholine rings is 1. The van der Waals surface area contributed by atoms with Gasteiger partial charge in [-0.05, 0) is 54.4 Å². The monoisotopic (exact) mass is 356 g/mol. The lowest BCUT2D eigenvalue weighted by Crippen LogP contribution is -2.57. The molecule has 0 aromatic rings. The second-order valence-corrected chi connectivity index (χ2v) is 9.57. The van der Waals surface area contributed by atoms with E-state index < -0.39 is 0 Å². The third kappa shape index (κ3) is 6.79. The van der Waals surface area contributed by atoms with Crippen LogP contribution < -0.4 is 0 Å². The molecular weight excluding hydrogens is 316 g/mol. The van der Waals surface area contributed by atoms with Gasteiger partial charge in [-0.1, -0.05) is 0 Å². The van der Waals surface area contributed by atoms with Gasteiger partial charge in [-0.3, -0.25) is 9.80 Å². The number of ether oxygens (including phenoxy) is 3. The molecule has 1 heterocycles. The van der Waals surface area contributed by atoms with Gasteiger partial charge >= 0.3 is 0 Å². The average molecular weight is 357 g/mol. The lowest BCUT2D eigenvalue weighted by molar-refractivity contribution is -0.131. The van der Waals surface area contributed by atoms with Gasteiger partial charge in [0, 0.05) is 44.9 Å². The van der Waals surface area contributed by atoms with Crippen molar-refractivity contribution in [2.24, 2.45) is 0 Å². The fourth-order valence-corrected chi connectivity index (χ4v) is 3.76. The second kappa shape index (κ2) is 8.66. The molecule has 1 aliphatic carbocycles. The Kier molecular flexibility index (Phi) is 7.31. The van der Waals surface area contributed by atoms with Crippen LogP contribution in [-0.4, -0.2) is 85.7 Å². The molecule has 0 N–H and O–H groups in total. The van der Waals surface area contributed by atoms with Crippen molar-refractivity contribution in [1.82, 2.24) is 9.80 Å². The molecule has 1 saturated heterocycles. The van der Waals surface area contributed by atoms with Crippen LogP contribution in [-0.2, 0) is 14.2 Å². The number of hydrogen-bond acceptors (Lipinski definition) is 5. The molecule has 0 bridgehead atoms. The second-order valence-electron chi connectivity index (χ2n) is 9.57. The summed E-state index contributed by atoms with van der Waals surface area (Å²) in [6, 6.07) is 0.594. The Balaban J connectivity index is 1.86. The zero-order valence-electron chi connectivity index (χ0n) is 17.5. The van der Waals surface area contributed by atoms with E-state index in [1.807, 2.05) is 0 Å². The summed E-state index contributed by atoms with van der Waals surface area (Å²) in [7, 11) is 1.78. The summed E-state index contributed by atoms with van der Waals surface area (Å²) >= 11 is 0. The molecule has 2 aliphatic rings. The molecule has 0 aromatic heterocycles. The van der Waals surface area contributed by atoms with Crippen molar-refractivity contribution in [3.63, 3.8) is 0 Å². The summed E-state index contributed by atoms with van der Waals surface area (Å²) < 4.78 is 17.5. The van der Waals surface area contributed by atoms with Crippen LogP contribution in [0.5, 0.6) is 0 Å². The smallest absolute Gasteiger partial charge is 0.0829 e. The first-order chi connectivity index (χ1) is 11.6. The highest BCUT2D eigenvalue weighted by molar-refractivity contribution is 4.92. The van der Waals surface area contributed by atoms with E-state index in [-0.39, 0.29) is 17.2 Å². The maximum Gasteiger partial charge on any atom is 0.0829 e. The standard InChI is InChI=1S/C20H40N2O3/c1-19(2,3)22-9-11-24-18(15-22)14-21(8-10-23-7)16-12-17(13-16)25-20(4,5)6/h16-18H,8-15H2,1-7H3/t16?,17?,18-/m1/s1. The molecule has 5 nitrogen and oxygen atoms in total. The number of nitrogens with zero attached hydrogens (tertiary/aromatic N) is 2. The molecule has 148 valence electrons. The lowest BCUT2D eigenvalue weighted by Gasteiger charge is -2.47. The highest BCUT2D eigenvalue weighted by Gasteiger charge is 2.38. The molecule has 0 amide bonds. The van der Waals surface area contributed by atoms with Crippen molar-refractivity contribution in [2.75, 3.05) is 46.5 Å². The molecule has 1 aliphatic heterocycles. The summed E-state index contributed by atoms with van der Waals surface area (Å²) in [6.45, 7) is 18.9. The zero-order valence-corrected chi connectivity index (χ0v) is 17.5. The first-order valence-corrected chi connectivity index (χ1v) is 9.86. The number of methoxy groups -OCH3 is 1. The number of rotatable bonds is 7. The van der Waals surface area contributed by atoms with Crippen LogP contribution in [0.3, 0.4) is 0 Å². The van der Waals surface area contributed by atoms with Crippen LogP contribution in [0.25, 0.3) is 0 Å². The first kappa shape index (κ1) is 21.1. The van der Waals surface area contributed by atoms with Gasteiger partial charge < -0.3 is 14.2 Å². The van der Waals surface area contributed by atoms with E-state index in [0.717, 1.165) is 52.2 Å². The van der Waals surface area contributed by atoms with Crippen LogP contribution >= 0.6 is 0 Å². The SMILES string of the molecule is COCCN(C[C@@H]1CN(C(C)(C)C)CCO1)C1CC(OC(C)(C)C)C1. The topological polar surface area (TPSA) is 34.2 Å². The Bertz CT molecular complexity index is 397. The molecule has 25 heavy (non-hydrogen) atoms. The lowest BCUT2D eigenvalue weighted by atomic mass is 9.87. The van der Waals surface area contributed by atoms with Crippen molar-refractivity contribution in [3.05, 3.63) is 0 Å². The van der Waals surface area contributed by atoms with Crippen molar-refractivity contribution in [2.45, 2.75) is 83.8 Å². The van der Waals surface area contributed by atoms with E-state index >= 15 is 0 Å². The fraction of sp³-hybridized carbons (Fsp3) is 1.00. The van der Waals surface area contributed by atoms with E-state index in [0.29, 0.717) is 12.1 Å². The maximum absolute atomic E-state index is 6.11. The van der Waals surface area contributed by atoms with E-state index in [1.165, 1.54) is 0 Å². The van der Waals surface area contributed by atoms with Gasteiger partial charge in [-0.2, -0.15) is 0 Å². The molecule has 2 fully saturated rings. The third-order valence-corrected chi connectivity index (χ3v) is 5.21. The quantitative estimate of drug-likeness (QED) is 0.701. The van der Waals surface area contributed by atoms with Crippen LogP contribution in [0.1, 0.15) is 54.4 Å². The third-order valence-electron chi connectivity index (χ3n) is 5.21. The van der Waals surface area contributed by atoms with Crippen molar-refractivity contribution in [3.8, 4) is 0 Å². The van der Waals surface area contributed by atoms with E-state index in [9.17, 15) is 0 Å². The predicted octanol–water partition coefficient (Wildman–Crippen LogP) is 2.78. The van der Waals surface area contributed by atoms with Crippen LogP contribution in [0.2, 0.25) is 0 Å². The van der Waals surface area contributed by atoms with Crippen molar-refractivity contribution < 1.29 is 14.2 Å². The highest BCUT2D eigenvalue weighted by atomic mass is 16.5. The minimum Gasteiger partial charge on any atom is -0.383 e. The highest BCUT2D eigenvalue weighted by Crippen LogP contribution is 2.32. The van der Waals surface area contributed by atoms with Crippen LogP contribution in [0, 0.1) is 0 Å². The Morgan fingerprint density at radius 1 is 1.12 bits per heavy atom. The summed E-state index contributed by atoms with van der Waals surface area (Å²) in [4.78, 5) is 5.10. The van der Waals surface area contributed by atoms with Crippen LogP contribution in [0.4, 0.5) is 0 Å². The minimum absolute atomic E-state index is 0.0489. The maximum atomic E-state index is 6.11. The molecule has 0 radical (unpaired) electrons. The first-order valence-electron chi connectivity index (χ1n) is 9.86. The number of hydrogen-bond donors (Lipinski definition) is 0. The zero-order chi connectivity index (χ0) is 18.7. The summed E-state index contributed by atoms with van der Waals surface area (Å²) in [5.41, 5.74) is 0.161. The molecule has 2 rings (SSSR count). The molecule has 1 saturated carbocycles. The molecular formula is C20H40N2O3. The van der Waals surface area contributed by atoms with Crippen molar-refractivity contribution >= 4 is 0 Å². The summed E-state index contributed by atoms with van der Waals surface area (Å²) in [6.07, 6.45) is 2.92. The Hall–Kier alpha value is -0.200. The molecule has 0 aromatic carbocycles. The van der Waals surface area contributed by atoms with Gasteiger partial charge in [0.2, 0.25) is 0 Å². The van der Waals surface area contributed by atoms with Gasteiger partial charge in [-0.15, -0.1) is 0 Å². The Labute approximate surface area is 155 Å². The average Bonchev–Trinajstić information content (AvgIpc) is 2.45. The van der Waals surface area contributed by atoms with E-state index in [2.05, 4.69) is 51.3 Å². The van der Waals surface area contributed by atoms with Gasteiger partial charge in [0.25, 0.3) is 0 Å². The van der Waals surface area contributed by atoms with Crippen LogP contribution in [0.15, 0.2) is 0 Å². The fourth-order valence-electron chi connectivity index (χ4n) is 3.76. The largest absolute Gasteiger partial charge is 0.383 e. The van der Waals surface area contributed by atoms with Crippen molar-refractivity contribution in [1.29, 1.82) is 0 Å². The summed E-state index contributed by atoms with van der Waals surface area (Å²) in [5, 5.41) is 0. The summed E-state index contributed by atoms with van der Waals surface area (Å²) in [5.74, 6) is 0. The van der Waals surface area contributed by atoms with E-state index in [1.54, 1.807) is 7.11 Å². The molecule has 1 atom stereocenters. The Morgan fingerprint density at radius 2 is 1.80 bits per heavy atom. The van der Waals surface area contributed by atoms with Gasteiger partial charge in [-0.25, -0.2) is 0 Å². The Morgan fingerprint density at radius 3 is 2.36 bits per heavy atom. The van der Waals surface area contributed by atoms with Gasteiger partial charge in [0.15, 0.2) is 0 Å². The molecule has 5 heteroatoms. The van der Waals surface area contributed by atoms with E-state index in [4.69, 9.17) is 14.2 Å².